The van der Waals surface area contributed by atoms with Crippen LogP contribution in [0.1, 0.15) is 69.7 Å². The minimum absolute atomic E-state index is 0.117. The van der Waals surface area contributed by atoms with E-state index in [9.17, 15) is 5.11 Å². The van der Waals surface area contributed by atoms with E-state index in [1.807, 2.05) is 18.2 Å². The Balaban J connectivity index is 2.73. The van der Waals surface area contributed by atoms with Crippen LogP contribution in [0.2, 0.25) is 0 Å². The second-order valence-electron chi connectivity index (χ2n) is 8.47. The van der Waals surface area contributed by atoms with Crippen LogP contribution in [-0.4, -0.2) is 5.11 Å². The number of hydrogen-bond acceptors (Lipinski definition) is 1. The van der Waals surface area contributed by atoms with Gasteiger partial charge in [0.15, 0.2) is 0 Å². The summed E-state index contributed by atoms with van der Waals surface area (Å²) in [5.74, 6) is 3.20. The summed E-state index contributed by atoms with van der Waals surface area (Å²) < 4.78 is 0. The van der Waals surface area contributed by atoms with Crippen LogP contribution in [0, 0.1) is 12.3 Å². The van der Waals surface area contributed by atoms with Crippen LogP contribution >= 0.6 is 0 Å². The number of phenols is 1. The normalized spacial score (nSPS) is 13.4. The van der Waals surface area contributed by atoms with Crippen molar-refractivity contribution < 1.29 is 5.11 Å². The summed E-state index contributed by atoms with van der Waals surface area (Å²) in [7, 11) is 0. The van der Waals surface area contributed by atoms with Gasteiger partial charge >= 0.3 is 0 Å². The van der Waals surface area contributed by atoms with E-state index in [4.69, 9.17) is 6.42 Å². The smallest absolute Gasteiger partial charge is 0.123 e. The van der Waals surface area contributed by atoms with Gasteiger partial charge in [-0.15, -0.1) is 6.42 Å². The van der Waals surface area contributed by atoms with Gasteiger partial charge in [0, 0.05) is 0 Å². The maximum Gasteiger partial charge on any atom is 0.123 e. The molecule has 0 aliphatic carbocycles. The number of phenolic OH excluding ortho intramolecular Hbond substituents is 1. The molecule has 0 bridgehead atoms. The lowest BCUT2D eigenvalue weighted by molar-refractivity contribution is 0.422. The lowest BCUT2D eigenvalue weighted by Crippen LogP contribution is -2.18. The molecule has 2 rings (SSSR count). The first-order valence-electron chi connectivity index (χ1n) is 8.44. The van der Waals surface area contributed by atoms with Gasteiger partial charge in [-0.2, -0.15) is 0 Å². The molecular weight excluding hydrogens is 292 g/mol. The molecule has 0 aliphatic rings. The third-order valence-electron chi connectivity index (χ3n) is 4.38. The Morgan fingerprint density at radius 1 is 0.833 bits per heavy atom. The lowest BCUT2D eigenvalue weighted by atomic mass is 9.76. The topological polar surface area (TPSA) is 20.2 Å². The Morgan fingerprint density at radius 2 is 1.29 bits per heavy atom. The molecule has 1 N–H and O–H groups in total. The molecule has 0 amide bonds. The molecule has 0 spiro atoms. The molecule has 0 fully saturated rings. The van der Waals surface area contributed by atoms with E-state index in [0.717, 1.165) is 22.3 Å². The van der Waals surface area contributed by atoms with Gasteiger partial charge in [0.1, 0.15) is 5.75 Å². The Morgan fingerprint density at radius 3 is 1.67 bits per heavy atom. The highest BCUT2D eigenvalue weighted by Gasteiger charge is 2.28. The lowest BCUT2D eigenvalue weighted by Gasteiger charge is -2.29. The molecule has 0 aliphatic heterocycles. The molecule has 126 valence electrons. The van der Waals surface area contributed by atoms with E-state index in [0.29, 0.717) is 5.75 Å². The van der Waals surface area contributed by atoms with E-state index in [2.05, 4.69) is 71.7 Å². The van der Waals surface area contributed by atoms with Gasteiger partial charge in [0.2, 0.25) is 0 Å². The van der Waals surface area contributed by atoms with Crippen molar-refractivity contribution in [1.82, 2.24) is 0 Å². The van der Waals surface area contributed by atoms with Crippen LogP contribution < -0.4 is 0 Å². The van der Waals surface area contributed by atoms with Gasteiger partial charge in [-0.1, -0.05) is 77.8 Å². The van der Waals surface area contributed by atoms with Crippen molar-refractivity contribution in [2.75, 3.05) is 0 Å². The summed E-state index contributed by atoms with van der Waals surface area (Å²) >= 11 is 0. The maximum atomic E-state index is 10.9. The van der Waals surface area contributed by atoms with Crippen molar-refractivity contribution in [1.29, 1.82) is 0 Å². The minimum Gasteiger partial charge on any atom is -0.507 e. The molecule has 1 unspecified atom stereocenters. The zero-order valence-corrected chi connectivity index (χ0v) is 15.6. The highest BCUT2D eigenvalue weighted by atomic mass is 16.3. The van der Waals surface area contributed by atoms with Crippen LogP contribution in [0.25, 0.3) is 0 Å². The van der Waals surface area contributed by atoms with Gasteiger partial charge in [-0.05, 0) is 45.2 Å². The van der Waals surface area contributed by atoms with E-state index >= 15 is 0 Å². The van der Waals surface area contributed by atoms with Crippen molar-refractivity contribution in [3.8, 4) is 18.1 Å². The highest BCUT2D eigenvalue weighted by Crippen LogP contribution is 2.41. The maximum absolute atomic E-state index is 10.9. The molecule has 24 heavy (non-hydrogen) atoms. The van der Waals surface area contributed by atoms with Crippen LogP contribution in [0.15, 0.2) is 42.5 Å². The van der Waals surface area contributed by atoms with Crippen molar-refractivity contribution in [3.63, 3.8) is 0 Å². The first-order valence-corrected chi connectivity index (χ1v) is 8.44. The van der Waals surface area contributed by atoms with Crippen molar-refractivity contribution in [3.05, 3.63) is 64.7 Å². The van der Waals surface area contributed by atoms with E-state index in [1.54, 1.807) is 0 Å². The third-order valence-corrected chi connectivity index (χ3v) is 4.38. The fourth-order valence-corrected chi connectivity index (χ4v) is 3.00. The van der Waals surface area contributed by atoms with E-state index in [1.165, 1.54) is 0 Å². The predicted octanol–water partition coefficient (Wildman–Crippen LogP) is 5.75. The molecule has 2 aromatic rings. The van der Waals surface area contributed by atoms with Gasteiger partial charge in [-0.3, -0.25) is 0 Å². The average Bonchev–Trinajstić information content (AvgIpc) is 2.48. The summed E-state index contributed by atoms with van der Waals surface area (Å²) in [6.45, 7) is 12.7. The first-order chi connectivity index (χ1) is 11.1. The van der Waals surface area contributed by atoms with Crippen LogP contribution in [-0.2, 0) is 10.8 Å². The molecule has 1 heteroatoms. The molecule has 1 atom stereocenters. The van der Waals surface area contributed by atoms with E-state index in [-0.39, 0.29) is 16.7 Å². The standard InChI is InChI=1S/C23H28O/c1-8-18(16-12-10-9-11-13-16)17-14-19(22(2,3)4)21(24)20(15-17)23(5,6)7/h1,9-15,18,24H,2-7H3. The van der Waals surface area contributed by atoms with Crippen LogP contribution in [0.3, 0.4) is 0 Å². The van der Waals surface area contributed by atoms with Crippen LogP contribution in [0.4, 0.5) is 0 Å². The van der Waals surface area contributed by atoms with Gasteiger partial charge in [0.05, 0.1) is 5.92 Å². The quantitative estimate of drug-likeness (QED) is 0.698. The van der Waals surface area contributed by atoms with Crippen molar-refractivity contribution in [2.45, 2.75) is 58.3 Å². The second-order valence-corrected chi connectivity index (χ2v) is 8.47. The first kappa shape index (κ1) is 18.1. The Kier molecular flexibility index (Phi) is 4.81. The molecule has 2 aromatic carbocycles. The number of hydrogen-bond donors (Lipinski definition) is 1. The average molecular weight is 320 g/mol. The fourth-order valence-electron chi connectivity index (χ4n) is 3.00. The summed E-state index contributed by atoms with van der Waals surface area (Å²) in [6.07, 6.45) is 5.88. The summed E-state index contributed by atoms with van der Waals surface area (Å²) in [4.78, 5) is 0. The van der Waals surface area contributed by atoms with E-state index < -0.39 is 0 Å². The monoisotopic (exact) mass is 320 g/mol. The largest absolute Gasteiger partial charge is 0.507 e. The molecule has 1 nitrogen and oxygen atoms in total. The summed E-state index contributed by atoms with van der Waals surface area (Å²) in [6, 6.07) is 14.3. The number of benzene rings is 2. The van der Waals surface area contributed by atoms with Crippen molar-refractivity contribution >= 4 is 0 Å². The molecule has 0 saturated carbocycles. The van der Waals surface area contributed by atoms with Gasteiger partial charge < -0.3 is 5.11 Å². The highest BCUT2D eigenvalue weighted by molar-refractivity contribution is 5.53. The Labute approximate surface area is 146 Å². The molecular formula is C23H28O. The fraction of sp³-hybridized carbons (Fsp3) is 0.391. The Bertz CT molecular complexity index is 714. The number of rotatable bonds is 2. The minimum atomic E-state index is -0.157. The number of terminal acetylenes is 1. The zero-order chi connectivity index (χ0) is 18.1. The number of aromatic hydroxyl groups is 1. The summed E-state index contributed by atoms with van der Waals surface area (Å²) in [5.41, 5.74) is 3.75. The Hall–Kier alpha value is -2.20. The zero-order valence-electron chi connectivity index (χ0n) is 15.6. The predicted molar refractivity (Wildman–Crippen MR) is 103 cm³/mol. The van der Waals surface area contributed by atoms with Crippen molar-refractivity contribution in [2.24, 2.45) is 0 Å². The molecule has 0 aromatic heterocycles. The second kappa shape index (κ2) is 6.36. The third kappa shape index (κ3) is 3.65. The molecule has 0 radical (unpaired) electrons. The molecule has 0 saturated heterocycles. The van der Waals surface area contributed by atoms with Gasteiger partial charge in [0.25, 0.3) is 0 Å². The molecule has 0 heterocycles. The van der Waals surface area contributed by atoms with Gasteiger partial charge in [-0.25, -0.2) is 0 Å². The summed E-state index contributed by atoms with van der Waals surface area (Å²) in [5, 5.41) is 10.9. The van der Waals surface area contributed by atoms with Crippen LogP contribution in [0.5, 0.6) is 5.75 Å². The SMILES string of the molecule is C#CC(c1ccccc1)c1cc(C(C)(C)C)c(O)c(C(C)(C)C)c1.